The number of esters is 1. The van der Waals surface area contributed by atoms with Gasteiger partial charge in [0.05, 0.1) is 22.1 Å². The summed E-state index contributed by atoms with van der Waals surface area (Å²) in [6.07, 6.45) is 1.66. The number of benzene rings is 1. The highest BCUT2D eigenvalue weighted by Gasteiger charge is 2.20. The SMILES string of the molecule is CC(C)CCCOC(=O)c1cc(S(=O)(=O)Cl)cc(Br)c1Cl. The van der Waals surface area contributed by atoms with Gasteiger partial charge in [0.2, 0.25) is 0 Å². The van der Waals surface area contributed by atoms with E-state index in [1.54, 1.807) is 0 Å². The zero-order chi connectivity index (χ0) is 16.2. The van der Waals surface area contributed by atoms with Gasteiger partial charge in [-0.1, -0.05) is 25.4 Å². The van der Waals surface area contributed by atoms with E-state index in [2.05, 4.69) is 29.8 Å². The molecule has 0 saturated heterocycles. The summed E-state index contributed by atoms with van der Waals surface area (Å²) in [5, 5.41) is 0.0907. The number of halogens is 3. The fraction of sp³-hybridized carbons (Fsp3) is 0.462. The summed E-state index contributed by atoms with van der Waals surface area (Å²) < 4.78 is 28.1. The van der Waals surface area contributed by atoms with E-state index in [-0.39, 0.29) is 26.6 Å². The van der Waals surface area contributed by atoms with Gasteiger partial charge in [-0.25, -0.2) is 13.2 Å². The van der Waals surface area contributed by atoms with Crippen molar-refractivity contribution in [3.63, 3.8) is 0 Å². The molecule has 0 radical (unpaired) electrons. The van der Waals surface area contributed by atoms with Crippen LogP contribution in [-0.4, -0.2) is 21.0 Å². The van der Waals surface area contributed by atoms with Gasteiger partial charge < -0.3 is 4.74 Å². The smallest absolute Gasteiger partial charge is 0.339 e. The van der Waals surface area contributed by atoms with Gasteiger partial charge in [0.1, 0.15) is 0 Å². The minimum atomic E-state index is -3.96. The monoisotopic (exact) mass is 416 g/mol. The summed E-state index contributed by atoms with van der Waals surface area (Å²) in [5.74, 6) is -0.155. The molecule has 0 heterocycles. The zero-order valence-corrected chi connectivity index (χ0v) is 15.4. The molecular weight excluding hydrogens is 403 g/mol. The number of ether oxygens (including phenoxy) is 1. The molecule has 0 aliphatic heterocycles. The van der Waals surface area contributed by atoms with Crippen molar-refractivity contribution in [2.24, 2.45) is 5.92 Å². The van der Waals surface area contributed by atoms with Gasteiger partial charge in [0.25, 0.3) is 9.05 Å². The maximum absolute atomic E-state index is 12.0. The van der Waals surface area contributed by atoms with E-state index in [0.29, 0.717) is 5.92 Å². The minimum absolute atomic E-state index is 0.0326. The van der Waals surface area contributed by atoms with Crippen LogP contribution in [0, 0.1) is 5.92 Å². The van der Waals surface area contributed by atoms with Crippen molar-refractivity contribution in [3.8, 4) is 0 Å². The lowest BCUT2D eigenvalue weighted by Gasteiger charge is -2.09. The first-order valence-electron chi connectivity index (χ1n) is 6.23. The molecular formula is C13H15BrCl2O4S. The van der Waals surface area contributed by atoms with Crippen molar-refractivity contribution in [2.45, 2.75) is 31.6 Å². The number of carbonyl (C=O) groups is 1. The topological polar surface area (TPSA) is 60.4 Å². The predicted octanol–water partition coefficient (Wildman–Crippen LogP) is 4.62. The number of carbonyl (C=O) groups excluding carboxylic acids is 1. The van der Waals surface area contributed by atoms with Crippen LogP contribution in [0.2, 0.25) is 5.02 Å². The molecule has 0 fully saturated rings. The lowest BCUT2D eigenvalue weighted by Crippen LogP contribution is -2.09. The zero-order valence-electron chi connectivity index (χ0n) is 11.5. The van der Waals surface area contributed by atoms with Crippen LogP contribution in [0.1, 0.15) is 37.0 Å². The first-order valence-corrected chi connectivity index (χ1v) is 9.71. The standard InChI is InChI=1S/C13H15BrCl2O4S/c1-8(2)4-3-5-20-13(17)10-6-9(21(16,18)19)7-11(14)12(10)15/h6-8H,3-5H2,1-2H3. The van der Waals surface area contributed by atoms with Crippen LogP contribution >= 0.6 is 38.2 Å². The van der Waals surface area contributed by atoms with Gasteiger partial charge in [-0.3, -0.25) is 0 Å². The molecule has 0 aliphatic rings. The molecule has 0 spiro atoms. The first kappa shape index (κ1) is 18.7. The van der Waals surface area contributed by atoms with Crippen molar-refractivity contribution in [2.75, 3.05) is 6.61 Å². The molecule has 0 aliphatic carbocycles. The van der Waals surface area contributed by atoms with Crippen LogP contribution in [0.5, 0.6) is 0 Å². The number of rotatable bonds is 6. The Morgan fingerprint density at radius 2 is 2.00 bits per heavy atom. The molecule has 0 N–H and O–H groups in total. The minimum Gasteiger partial charge on any atom is -0.462 e. The Labute approximate surface area is 142 Å². The second kappa shape index (κ2) is 7.81. The maximum Gasteiger partial charge on any atom is 0.339 e. The summed E-state index contributed by atoms with van der Waals surface area (Å²) in [7, 11) is 1.32. The third kappa shape index (κ3) is 5.77. The normalized spacial score (nSPS) is 11.7. The Morgan fingerprint density at radius 3 is 2.52 bits per heavy atom. The fourth-order valence-electron chi connectivity index (χ4n) is 1.59. The number of hydrogen-bond donors (Lipinski definition) is 0. The Hall–Kier alpha value is -0.300. The van der Waals surface area contributed by atoms with Crippen molar-refractivity contribution >= 4 is 53.2 Å². The van der Waals surface area contributed by atoms with Crippen LogP contribution in [0.25, 0.3) is 0 Å². The van der Waals surface area contributed by atoms with Crippen molar-refractivity contribution in [3.05, 3.63) is 27.2 Å². The van der Waals surface area contributed by atoms with Crippen LogP contribution < -0.4 is 0 Å². The molecule has 4 nitrogen and oxygen atoms in total. The Balaban J connectivity index is 2.91. The molecule has 0 amide bonds. The summed E-state index contributed by atoms with van der Waals surface area (Å²) >= 11 is 9.08. The molecule has 0 saturated carbocycles. The van der Waals surface area contributed by atoms with E-state index in [1.807, 2.05) is 0 Å². The third-order valence-corrected chi connectivity index (χ3v) is 5.26. The lowest BCUT2D eigenvalue weighted by molar-refractivity contribution is 0.0494. The highest BCUT2D eigenvalue weighted by Crippen LogP contribution is 2.31. The van der Waals surface area contributed by atoms with Gasteiger partial charge >= 0.3 is 5.97 Å². The molecule has 1 aromatic rings. The molecule has 21 heavy (non-hydrogen) atoms. The molecule has 1 aromatic carbocycles. The van der Waals surface area contributed by atoms with Crippen LogP contribution in [0.15, 0.2) is 21.5 Å². The average molecular weight is 418 g/mol. The summed E-state index contributed by atoms with van der Waals surface area (Å²) in [4.78, 5) is 11.8. The van der Waals surface area contributed by atoms with E-state index in [9.17, 15) is 13.2 Å². The number of hydrogen-bond acceptors (Lipinski definition) is 4. The second-order valence-corrected chi connectivity index (χ2v) is 8.67. The molecule has 118 valence electrons. The Bertz CT molecular complexity index is 629. The summed E-state index contributed by atoms with van der Waals surface area (Å²) in [6.45, 7) is 4.40. The second-order valence-electron chi connectivity index (χ2n) is 4.88. The van der Waals surface area contributed by atoms with E-state index >= 15 is 0 Å². The molecule has 0 atom stereocenters. The first-order chi connectivity index (χ1) is 9.62. The van der Waals surface area contributed by atoms with E-state index in [1.165, 1.54) is 6.07 Å². The van der Waals surface area contributed by atoms with Crippen LogP contribution in [0.3, 0.4) is 0 Å². The quantitative estimate of drug-likeness (QED) is 0.384. The fourth-order valence-corrected chi connectivity index (χ4v) is 3.17. The molecule has 8 heteroatoms. The highest BCUT2D eigenvalue weighted by atomic mass is 79.9. The predicted molar refractivity (Wildman–Crippen MR) is 86.5 cm³/mol. The van der Waals surface area contributed by atoms with E-state index in [0.717, 1.165) is 18.9 Å². The van der Waals surface area contributed by atoms with E-state index < -0.39 is 15.0 Å². The van der Waals surface area contributed by atoms with Crippen molar-refractivity contribution in [1.29, 1.82) is 0 Å². The van der Waals surface area contributed by atoms with Crippen LogP contribution in [-0.2, 0) is 13.8 Å². The van der Waals surface area contributed by atoms with Crippen LogP contribution in [0.4, 0.5) is 0 Å². The lowest BCUT2D eigenvalue weighted by atomic mass is 10.1. The van der Waals surface area contributed by atoms with Gasteiger partial charge in [-0.2, -0.15) is 0 Å². The Morgan fingerprint density at radius 1 is 1.38 bits per heavy atom. The Kier molecular flexibility index (Phi) is 6.97. The highest BCUT2D eigenvalue weighted by molar-refractivity contribution is 9.10. The van der Waals surface area contributed by atoms with E-state index in [4.69, 9.17) is 27.0 Å². The van der Waals surface area contributed by atoms with Crippen molar-refractivity contribution in [1.82, 2.24) is 0 Å². The summed E-state index contributed by atoms with van der Waals surface area (Å²) in [6, 6.07) is 2.35. The average Bonchev–Trinajstić information content (AvgIpc) is 2.35. The van der Waals surface area contributed by atoms with Gasteiger partial charge in [-0.15, -0.1) is 0 Å². The molecule has 1 rings (SSSR count). The van der Waals surface area contributed by atoms with Crippen molar-refractivity contribution < 1.29 is 17.9 Å². The largest absolute Gasteiger partial charge is 0.462 e. The third-order valence-electron chi connectivity index (χ3n) is 2.66. The molecule has 0 bridgehead atoms. The maximum atomic E-state index is 12.0. The molecule has 0 unspecified atom stereocenters. The van der Waals surface area contributed by atoms with Gasteiger partial charge in [-0.05, 0) is 46.8 Å². The summed E-state index contributed by atoms with van der Waals surface area (Å²) in [5.41, 5.74) is -0.0326. The van der Waals surface area contributed by atoms with Gasteiger partial charge in [0, 0.05) is 15.2 Å². The van der Waals surface area contributed by atoms with Gasteiger partial charge in [0.15, 0.2) is 0 Å². The molecule has 0 aromatic heterocycles.